The van der Waals surface area contributed by atoms with Crippen LogP contribution in [0.2, 0.25) is 0 Å². The maximum atomic E-state index is 12.9. The van der Waals surface area contributed by atoms with E-state index >= 15 is 0 Å². The molecule has 1 N–H and O–H groups in total. The molecule has 0 atom stereocenters. The summed E-state index contributed by atoms with van der Waals surface area (Å²) in [5.74, 6) is -1.35. The number of hydrogen-bond donors (Lipinski definition) is 1. The predicted octanol–water partition coefficient (Wildman–Crippen LogP) is 1.98. The minimum absolute atomic E-state index is 0.104. The number of carbonyl (C=O) groups is 1. The largest absolute Gasteiger partial charge is 0.319 e. The molecule has 6 nitrogen and oxygen atoms in total. The second-order valence-electron chi connectivity index (χ2n) is 4.07. The average molecular weight is 249 g/mol. The number of nitro benzene ring substituents is 1. The first-order valence-electron chi connectivity index (χ1n) is 5.15. The Hall–Kier alpha value is -2.49. The van der Waals surface area contributed by atoms with E-state index in [0.717, 1.165) is 18.2 Å². The second-order valence-corrected chi connectivity index (χ2v) is 4.07. The molecule has 0 saturated heterocycles. The summed E-state index contributed by atoms with van der Waals surface area (Å²) in [4.78, 5) is 21.7. The van der Waals surface area contributed by atoms with Crippen LogP contribution in [0, 0.1) is 32.7 Å². The van der Waals surface area contributed by atoms with Gasteiger partial charge in [-0.15, -0.1) is 0 Å². The van der Waals surface area contributed by atoms with Gasteiger partial charge in [-0.05, 0) is 25.0 Å². The van der Waals surface area contributed by atoms with E-state index in [1.807, 2.05) is 6.07 Å². The highest BCUT2D eigenvalue weighted by Gasteiger charge is 2.51. The van der Waals surface area contributed by atoms with Crippen LogP contribution >= 0.6 is 0 Å². The molecule has 2 rings (SSSR count). The lowest BCUT2D eigenvalue weighted by Crippen LogP contribution is -2.23. The third-order valence-corrected chi connectivity index (χ3v) is 2.80. The van der Waals surface area contributed by atoms with Gasteiger partial charge < -0.3 is 5.32 Å². The highest BCUT2D eigenvalue weighted by molar-refractivity contribution is 6.00. The summed E-state index contributed by atoms with van der Waals surface area (Å²) in [7, 11) is 0. The van der Waals surface area contributed by atoms with Crippen molar-refractivity contribution in [3.8, 4) is 6.07 Å². The normalized spacial score (nSPS) is 15.6. The molecule has 1 saturated carbocycles. The van der Waals surface area contributed by atoms with E-state index in [0.29, 0.717) is 12.8 Å². The third kappa shape index (κ3) is 2.00. The van der Waals surface area contributed by atoms with Crippen molar-refractivity contribution in [3.63, 3.8) is 0 Å². The van der Waals surface area contributed by atoms with Crippen molar-refractivity contribution in [1.82, 2.24) is 0 Å². The Labute approximate surface area is 101 Å². The number of nitriles is 1. The maximum absolute atomic E-state index is 12.9. The number of benzene rings is 1. The van der Waals surface area contributed by atoms with E-state index in [4.69, 9.17) is 5.26 Å². The molecule has 0 radical (unpaired) electrons. The van der Waals surface area contributed by atoms with Gasteiger partial charge in [0.2, 0.25) is 5.91 Å². The zero-order valence-electron chi connectivity index (χ0n) is 9.14. The van der Waals surface area contributed by atoms with Gasteiger partial charge in [0.05, 0.1) is 17.1 Å². The van der Waals surface area contributed by atoms with Gasteiger partial charge in [0.1, 0.15) is 16.9 Å². The fourth-order valence-electron chi connectivity index (χ4n) is 1.52. The minimum Gasteiger partial charge on any atom is -0.319 e. The summed E-state index contributed by atoms with van der Waals surface area (Å²) in [6.45, 7) is 0. The fraction of sp³-hybridized carbons (Fsp3) is 0.273. The molecule has 1 amide bonds. The maximum Gasteiger partial charge on any atom is 0.295 e. The summed E-state index contributed by atoms with van der Waals surface area (Å²) in [5, 5.41) is 21.8. The zero-order valence-corrected chi connectivity index (χ0v) is 9.14. The number of nitrogens with one attached hydrogen (secondary N) is 1. The second kappa shape index (κ2) is 4.07. The molecule has 0 spiro atoms. The summed E-state index contributed by atoms with van der Waals surface area (Å²) in [6, 6.07) is 4.72. The first-order valence-corrected chi connectivity index (χ1v) is 5.15. The van der Waals surface area contributed by atoms with Crippen molar-refractivity contribution in [3.05, 3.63) is 34.1 Å². The Bertz CT molecular complexity index is 575. The molecule has 1 aromatic carbocycles. The summed E-state index contributed by atoms with van der Waals surface area (Å²) >= 11 is 0. The number of rotatable bonds is 3. The molecule has 0 heterocycles. The Kier molecular flexibility index (Phi) is 2.71. The molecular formula is C11H8FN3O3. The van der Waals surface area contributed by atoms with Crippen molar-refractivity contribution in [2.45, 2.75) is 12.8 Å². The van der Waals surface area contributed by atoms with Gasteiger partial charge in [-0.3, -0.25) is 14.9 Å². The van der Waals surface area contributed by atoms with Crippen molar-refractivity contribution < 1.29 is 14.1 Å². The number of carbonyl (C=O) groups excluding carboxylic acids is 1. The van der Waals surface area contributed by atoms with Crippen LogP contribution in [0.4, 0.5) is 15.8 Å². The van der Waals surface area contributed by atoms with Gasteiger partial charge in [0.15, 0.2) is 0 Å². The quantitative estimate of drug-likeness (QED) is 0.654. The highest BCUT2D eigenvalue weighted by Crippen LogP contribution is 2.46. The number of anilines is 1. The van der Waals surface area contributed by atoms with E-state index < -0.39 is 27.8 Å². The molecule has 0 bridgehead atoms. The molecule has 0 unspecified atom stereocenters. The van der Waals surface area contributed by atoms with Crippen LogP contribution in [-0.2, 0) is 4.79 Å². The van der Waals surface area contributed by atoms with Gasteiger partial charge in [0.25, 0.3) is 5.69 Å². The summed E-state index contributed by atoms with van der Waals surface area (Å²) in [6.07, 6.45) is 0.870. The van der Waals surface area contributed by atoms with Gasteiger partial charge >= 0.3 is 0 Å². The van der Waals surface area contributed by atoms with E-state index in [9.17, 15) is 19.3 Å². The van der Waals surface area contributed by atoms with Crippen molar-refractivity contribution in [2.24, 2.45) is 5.41 Å². The van der Waals surface area contributed by atoms with E-state index in [1.54, 1.807) is 0 Å². The Morgan fingerprint density at radius 2 is 2.22 bits per heavy atom. The number of amides is 1. The highest BCUT2D eigenvalue weighted by atomic mass is 19.1. The number of hydrogen-bond acceptors (Lipinski definition) is 4. The summed E-state index contributed by atoms with van der Waals surface area (Å²) in [5.41, 5.74) is -1.72. The molecule has 1 aliphatic carbocycles. The molecule has 0 aliphatic heterocycles. The first kappa shape index (κ1) is 12.0. The predicted molar refractivity (Wildman–Crippen MR) is 59.0 cm³/mol. The van der Waals surface area contributed by atoms with Crippen LogP contribution in [-0.4, -0.2) is 10.8 Å². The minimum atomic E-state index is -1.08. The standard InChI is InChI=1S/C11H8FN3O3/c12-7-1-2-8(9(5-7)15(17)18)14-10(16)11(6-13)3-4-11/h1-2,5H,3-4H2,(H,14,16). The van der Waals surface area contributed by atoms with Gasteiger partial charge in [0, 0.05) is 0 Å². The van der Waals surface area contributed by atoms with Gasteiger partial charge in [-0.25, -0.2) is 4.39 Å². The molecule has 1 fully saturated rings. The van der Waals surface area contributed by atoms with Crippen LogP contribution in [0.1, 0.15) is 12.8 Å². The number of halogens is 1. The lowest BCUT2D eigenvalue weighted by Gasteiger charge is -2.08. The van der Waals surface area contributed by atoms with Gasteiger partial charge in [-0.2, -0.15) is 5.26 Å². The first-order chi connectivity index (χ1) is 8.48. The zero-order chi connectivity index (χ0) is 13.3. The molecule has 0 aromatic heterocycles. The van der Waals surface area contributed by atoms with Crippen LogP contribution in [0.3, 0.4) is 0 Å². The van der Waals surface area contributed by atoms with Gasteiger partial charge in [-0.1, -0.05) is 0 Å². The molecule has 1 aromatic rings. The van der Waals surface area contributed by atoms with E-state index in [1.165, 1.54) is 0 Å². The van der Waals surface area contributed by atoms with E-state index in [2.05, 4.69) is 5.32 Å². The third-order valence-electron chi connectivity index (χ3n) is 2.80. The molecule has 1 aliphatic rings. The molecular weight excluding hydrogens is 241 g/mol. The molecule has 7 heteroatoms. The number of nitro groups is 1. The lowest BCUT2D eigenvalue weighted by molar-refractivity contribution is -0.384. The SMILES string of the molecule is N#CC1(C(=O)Nc2ccc(F)cc2[N+](=O)[O-])CC1. The van der Waals surface area contributed by atoms with Crippen LogP contribution in [0.5, 0.6) is 0 Å². The van der Waals surface area contributed by atoms with Crippen molar-refractivity contribution in [2.75, 3.05) is 5.32 Å². The van der Waals surface area contributed by atoms with Crippen molar-refractivity contribution >= 4 is 17.3 Å². The Balaban J connectivity index is 2.27. The fourth-order valence-corrected chi connectivity index (χ4v) is 1.52. The number of nitrogens with zero attached hydrogens (tertiary/aromatic N) is 2. The monoisotopic (exact) mass is 249 g/mol. The topological polar surface area (TPSA) is 96.0 Å². The molecule has 18 heavy (non-hydrogen) atoms. The average Bonchev–Trinajstić information content (AvgIpc) is 3.12. The Morgan fingerprint density at radius 3 is 2.72 bits per heavy atom. The summed E-state index contributed by atoms with van der Waals surface area (Å²) < 4.78 is 12.9. The van der Waals surface area contributed by atoms with E-state index in [-0.39, 0.29) is 5.69 Å². The smallest absolute Gasteiger partial charge is 0.295 e. The van der Waals surface area contributed by atoms with Crippen LogP contribution in [0.15, 0.2) is 18.2 Å². The van der Waals surface area contributed by atoms with Crippen molar-refractivity contribution in [1.29, 1.82) is 5.26 Å². The molecule has 92 valence electrons. The lowest BCUT2D eigenvalue weighted by atomic mass is 10.1. The van der Waals surface area contributed by atoms with Crippen LogP contribution < -0.4 is 5.32 Å². The Morgan fingerprint density at radius 1 is 1.56 bits per heavy atom. The van der Waals surface area contributed by atoms with Crippen LogP contribution in [0.25, 0.3) is 0 Å².